The van der Waals surface area contributed by atoms with Crippen LogP contribution in [0.25, 0.3) is 11.5 Å². The van der Waals surface area contributed by atoms with Gasteiger partial charge in [-0.1, -0.05) is 11.8 Å². The van der Waals surface area contributed by atoms with Crippen molar-refractivity contribution in [1.82, 2.24) is 10.2 Å². The second-order valence-corrected chi connectivity index (χ2v) is 7.09. The highest BCUT2D eigenvalue weighted by Crippen LogP contribution is 2.33. The fraction of sp³-hybridized carbons (Fsp3) is 0.250. The number of ketones is 1. The Bertz CT molecular complexity index is 955. The summed E-state index contributed by atoms with van der Waals surface area (Å²) in [5.41, 5.74) is 1.30. The molecule has 0 spiro atoms. The molecular formula is C20H20N2O5S. The summed E-state index contributed by atoms with van der Waals surface area (Å²) in [7, 11) is 4.71. The van der Waals surface area contributed by atoms with Crippen molar-refractivity contribution in [1.29, 1.82) is 0 Å². The molecule has 8 heteroatoms. The number of rotatable bonds is 8. The average Bonchev–Trinajstić information content (AvgIpc) is 3.21. The van der Waals surface area contributed by atoms with Crippen molar-refractivity contribution in [2.24, 2.45) is 0 Å². The summed E-state index contributed by atoms with van der Waals surface area (Å²) in [5, 5.41) is 8.04. The number of carbonyl (C=O) groups is 1. The molecule has 146 valence electrons. The lowest BCUT2D eigenvalue weighted by atomic mass is 10.1. The van der Waals surface area contributed by atoms with Crippen LogP contribution in [0.4, 0.5) is 0 Å². The fourth-order valence-corrected chi connectivity index (χ4v) is 3.30. The molecule has 0 aliphatic carbocycles. The summed E-state index contributed by atoms with van der Waals surface area (Å²) in [5.74, 6) is 2.19. The lowest BCUT2D eigenvalue weighted by Gasteiger charge is -2.08. The smallest absolute Gasteiger partial charge is 0.277 e. The Balaban J connectivity index is 1.72. The number of Topliss-reactive ketones (excluding diaryl/α,β-unsaturated/α-hetero) is 1. The Morgan fingerprint density at radius 3 is 2.32 bits per heavy atom. The highest BCUT2D eigenvalue weighted by Gasteiger charge is 2.20. The molecule has 0 amide bonds. The SMILES string of the molecule is COc1ccc(C(=O)[C@@H](C)Sc2nnc(-c3ccc(OC)c(OC)c3)o2)cc1. The number of aromatic nitrogens is 2. The Kier molecular flexibility index (Phi) is 6.20. The molecule has 0 bridgehead atoms. The van der Waals surface area contributed by atoms with Gasteiger partial charge in [-0.05, 0) is 49.4 Å². The molecule has 2 aromatic carbocycles. The summed E-state index contributed by atoms with van der Waals surface area (Å²) in [4.78, 5) is 12.6. The van der Waals surface area contributed by atoms with Crippen molar-refractivity contribution >= 4 is 17.5 Å². The first-order valence-electron chi connectivity index (χ1n) is 8.46. The zero-order valence-corrected chi connectivity index (χ0v) is 16.8. The van der Waals surface area contributed by atoms with E-state index in [0.717, 1.165) is 0 Å². The number of ether oxygens (including phenoxy) is 3. The molecule has 3 rings (SSSR count). The molecule has 0 saturated heterocycles. The molecule has 0 N–H and O–H groups in total. The Morgan fingerprint density at radius 1 is 0.964 bits per heavy atom. The summed E-state index contributed by atoms with van der Waals surface area (Å²) in [6.45, 7) is 1.80. The van der Waals surface area contributed by atoms with Crippen molar-refractivity contribution in [2.75, 3.05) is 21.3 Å². The van der Waals surface area contributed by atoms with Crippen molar-refractivity contribution in [3.05, 3.63) is 48.0 Å². The normalized spacial score (nSPS) is 11.7. The number of benzene rings is 2. The van der Waals surface area contributed by atoms with Crippen LogP contribution in [0.2, 0.25) is 0 Å². The first-order valence-corrected chi connectivity index (χ1v) is 9.34. The molecule has 1 aromatic heterocycles. The highest BCUT2D eigenvalue weighted by atomic mass is 32.2. The molecule has 0 saturated carbocycles. The standard InChI is InChI=1S/C20H20N2O5S/c1-12(18(23)13-5-8-15(24-2)9-6-13)28-20-22-21-19(27-20)14-7-10-16(25-3)17(11-14)26-4/h5-12H,1-4H3/t12-/m1/s1. The number of hydrogen-bond donors (Lipinski definition) is 0. The van der Waals surface area contributed by atoms with Gasteiger partial charge in [0, 0.05) is 11.1 Å². The Morgan fingerprint density at radius 2 is 1.68 bits per heavy atom. The predicted molar refractivity (Wildman–Crippen MR) is 105 cm³/mol. The lowest BCUT2D eigenvalue weighted by Crippen LogP contribution is -2.13. The quantitative estimate of drug-likeness (QED) is 0.412. The van der Waals surface area contributed by atoms with Crippen molar-refractivity contribution in [3.8, 4) is 28.7 Å². The van der Waals surface area contributed by atoms with E-state index in [-0.39, 0.29) is 11.0 Å². The van der Waals surface area contributed by atoms with Gasteiger partial charge in [0.2, 0.25) is 5.89 Å². The van der Waals surface area contributed by atoms with Crippen LogP contribution in [-0.2, 0) is 0 Å². The molecule has 28 heavy (non-hydrogen) atoms. The number of hydrogen-bond acceptors (Lipinski definition) is 8. The van der Waals surface area contributed by atoms with Gasteiger partial charge in [-0.2, -0.15) is 0 Å². The minimum atomic E-state index is -0.382. The third-order valence-electron chi connectivity index (χ3n) is 4.06. The van der Waals surface area contributed by atoms with Crippen LogP contribution in [0.15, 0.2) is 52.1 Å². The van der Waals surface area contributed by atoms with E-state index in [1.165, 1.54) is 11.8 Å². The predicted octanol–water partition coefficient (Wildman–Crippen LogP) is 4.13. The second-order valence-electron chi connectivity index (χ2n) is 5.80. The molecule has 0 unspecified atom stereocenters. The lowest BCUT2D eigenvalue weighted by molar-refractivity contribution is 0.0993. The van der Waals surface area contributed by atoms with Gasteiger partial charge < -0.3 is 18.6 Å². The molecule has 1 heterocycles. The minimum absolute atomic E-state index is 0.0291. The van der Waals surface area contributed by atoms with E-state index in [9.17, 15) is 4.79 Å². The van der Waals surface area contributed by atoms with Gasteiger partial charge in [-0.15, -0.1) is 10.2 Å². The number of thioether (sulfide) groups is 1. The van der Waals surface area contributed by atoms with Crippen LogP contribution >= 0.6 is 11.8 Å². The van der Waals surface area contributed by atoms with Crippen LogP contribution in [0.5, 0.6) is 17.2 Å². The molecule has 0 aliphatic rings. The van der Waals surface area contributed by atoms with E-state index in [0.29, 0.717) is 39.5 Å². The van der Waals surface area contributed by atoms with Crippen LogP contribution in [-0.4, -0.2) is 42.6 Å². The molecule has 7 nitrogen and oxygen atoms in total. The van der Waals surface area contributed by atoms with Gasteiger partial charge >= 0.3 is 0 Å². The van der Waals surface area contributed by atoms with E-state index in [4.69, 9.17) is 18.6 Å². The Labute approximate surface area is 167 Å². The third-order valence-corrected chi connectivity index (χ3v) is 4.99. The van der Waals surface area contributed by atoms with Crippen molar-refractivity contribution < 1.29 is 23.4 Å². The zero-order valence-electron chi connectivity index (χ0n) is 16.0. The minimum Gasteiger partial charge on any atom is -0.497 e. The summed E-state index contributed by atoms with van der Waals surface area (Å²) < 4.78 is 21.3. The molecule has 1 atom stereocenters. The van der Waals surface area contributed by atoms with Gasteiger partial charge in [0.25, 0.3) is 5.22 Å². The van der Waals surface area contributed by atoms with E-state index in [2.05, 4.69) is 10.2 Å². The van der Waals surface area contributed by atoms with Crippen LogP contribution in [0, 0.1) is 0 Å². The topological polar surface area (TPSA) is 83.7 Å². The van der Waals surface area contributed by atoms with E-state index in [1.807, 2.05) is 0 Å². The van der Waals surface area contributed by atoms with Gasteiger partial charge in [0.15, 0.2) is 17.3 Å². The maximum Gasteiger partial charge on any atom is 0.277 e. The van der Waals surface area contributed by atoms with Gasteiger partial charge in [-0.3, -0.25) is 4.79 Å². The molecule has 0 radical (unpaired) electrons. The van der Waals surface area contributed by atoms with Crippen LogP contribution in [0.1, 0.15) is 17.3 Å². The van der Waals surface area contributed by atoms with Gasteiger partial charge in [-0.25, -0.2) is 0 Å². The molecule has 0 fully saturated rings. The van der Waals surface area contributed by atoms with Gasteiger partial charge in [0.05, 0.1) is 26.6 Å². The third kappa shape index (κ3) is 4.28. The number of carbonyl (C=O) groups excluding carboxylic acids is 1. The van der Waals surface area contributed by atoms with Crippen LogP contribution in [0.3, 0.4) is 0 Å². The summed E-state index contributed by atoms with van der Waals surface area (Å²) in [6, 6.07) is 12.3. The fourth-order valence-electron chi connectivity index (χ4n) is 2.54. The van der Waals surface area contributed by atoms with Gasteiger partial charge in [0.1, 0.15) is 5.75 Å². The monoisotopic (exact) mass is 400 g/mol. The zero-order chi connectivity index (χ0) is 20.1. The van der Waals surface area contributed by atoms with Crippen LogP contribution < -0.4 is 14.2 Å². The summed E-state index contributed by atoms with van der Waals surface area (Å²) >= 11 is 1.21. The van der Waals surface area contributed by atoms with E-state index >= 15 is 0 Å². The molecule has 0 aliphatic heterocycles. The Hall–Kier alpha value is -3.00. The van der Waals surface area contributed by atoms with E-state index < -0.39 is 0 Å². The maximum atomic E-state index is 12.6. The molecular weight excluding hydrogens is 380 g/mol. The first kappa shape index (κ1) is 19.8. The average molecular weight is 400 g/mol. The van der Waals surface area contributed by atoms with E-state index in [1.54, 1.807) is 70.7 Å². The number of nitrogens with zero attached hydrogens (tertiary/aromatic N) is 2. The second kappa shape index (κ2) is 8.79. The van der Waals surface area contributed by atoms with Crippen molar-refractivity contribution in [2.45, 2.75) is 17.4 Å². The maximum absolute atomic E-state index is 12.6. The van der Waals surface area contributed by atoms with Crippen molar-refractivity contribution in [3.63, 3.8) is 0 Å². The number of methoxy groups -OCH3 is 3. The molecule has 3 aromatic rings. The highest BCUT2D eigenvalue weighted by molar-refractivity contribution is 8.00. The largest absolute Gasteiger partial charge is 0.497 e. The summed E-state index contributed by atoms with van der Waals surface area (Å²) in [6.07, 6.45) is 0. The first-order chi connectivity index (χ1) is 13.5.